The molecule has 3 rings (SSSR count). The second-order valence-corrected chi connectivity index (χ2v) is 4.78. The average molecular weight is 284 g/mol. The van der Waals surface area contributed by atoms with Crippen LogP contribution in [0.4, 0.5) is 10.1 Å². The van der Waals surface area contributed by atoms with Crippen LogP contribution < -0.4 is 5.01 Å². The van der Waals surface area contributed by atoms with Gasteiger partial charge in [-0.15, -0.1) is 0 Å². The molecule has 4 nitrogen and oxygen atoms in total. The van der Waals surface area contributed by atoms with Crippen molar-refractivity contribution in [3.05, 3.63) is 66.0 Å². The molecule has 0 fully saturated rings. The van der Waals surface area contributed by atoms with Crippen LogP contribution in [-0.2, 0) is 4.79 Å². The molecule has 0 aromatic heterocycles. The Morgan fingerprint density at radius 3 is 2.48 bits per heavy atom. The molecule has 0 amide bonds. The minimum atomic E-state index is -1.07. The van der Waals surface area contributed by atoms with Gasteiger partial charge in [-0.25, -0.2) is 9.18 Å². The predicted molar refractivity (Wildman–Crippen MR) is 77.7 cm³/mol. The third kappa shape index (κ3) is 2.50. The average Bonchev–Trinajstić information content (AvgIpc) is 2.94. The van der Waals surface area contributed by atoms with E-state index in [1.165, 1.54) is 11.1 Å². The fourth-order valence-corrected chi connectivity index (χ4v) is 2.43. The zero-order valence-corrected chi connectivity index (χ0v) is 11.1. The minimum Gasteiger partial charge on any atom is -0.477 e. The van der Waals surface area contributed by atoms with Gasteiger partial charge in [0, 0.05) is 6.42 Å². The number of carbonyl (C=O) groups is 1. The first-order valence-corrected chi connectivity index (χ1v) is 6.56. The first-order chi connectivity index (χ1) is 10.2. The van der Waals surface area contributed by atoms with Gasteiger partial charge in [-0.1, -0.05) is 42.5 Å². The highest BCUT2D eigenvalue weighted by Crippen LogP contribution is 2.36. The Bertz CT molecular complexity index is 700. The molecule has 0 saturated carbocycles. The van der Waals surface area contributed by atoms with E-state index in [1.54, 1.807) is 18.2 Å². The standard InChI is InChI=1S/C16H13FN2O2/c17-12-8-4-5-9-14(12)19-15(10-13(18-19)16(20)21)11-6-2-1-3-7-11/h1-9,15H,10H2,(H,20,21)/t15-/m1/s1. The lowest BCUT2D eigenvalue weighted by atomic mass is 10.0. The van der Waals surface area contributed by atoms with Crippen molar-refractivity contribution in [2.45, 2.75) is 12.5 Å². The van der Waals surface area contributed by atoms with E-state index >= 15 is 0 Å². The zero-order chi connectivity index (χ0) is 14.8. The number of hydrogen-bond donors (Lipinski definition) is 1. The van der Waals surface area contributed by atoms with Crippen LogP contribution in [0.25, 0.3) is 0 Å². The highest BCUT2D eigenvalue weighted by molar-refractivity contribution is 6.36. The molecule has 2 aromatic rings. The van der Waals surface area contributed by atoms with Crippen molar-refractivity contribution in [1.29, 1.82) is 0 Å². The first kappa shape index (κ1) is 13.3. The second-order valence-electron chi connectivity index (χ2n) is 4.78. The summed E-state index contributed by atoms with van der Waals surface area (Å²) in [5, 5.41) is 14.7. The maximum atomic E-state index is 14.0. The summed E-state index contributed by atoms with van der Waals surface area (Å²) in [6.07, 6.45) is 0.244. The Hall–Kier alpha value is -2.69. The number of carboxylic acid groups (broad SMARTS) is 1. The van der Waals surface area contributed by atoms with E-state index < -0.39 is 11.8 Å². The van der Waals surface area contributed by atoms with E-state index in [-0.39, 0.29) is 23.9 Å². The fraction of sp³-hybridized carbons (Fsp3) is 0.125. The summed E-state index contributed by atoms with van der Waals surface area (Å²) in [6, 6.07) is 15.3. The van der Waals surface area contributed by atoms with Gasteiger partial charge in [0.15, 0.2) is 0 Å². The topological polar surface area (TPSA) is 52.9 Å². The molecule has 0 aliphatic carbocycles. The van der Waals surface area contributed by atoms with Crippen molar-refractivity contribution in [3.63, 3.8) is 0 Å². The number of hydrogen-bond acceptors (Lipinski definition) is 3. The molecule has 0 unspecified atom stereocenters. The van der Waals surface area contributed by atoms with Crippen molar-refractivity contribution in [2.24, 2.45) is 5.10 Å². The highest BCUT2D eigenvalue weighted by atomic mass is 19.1. The molecule has 0 radical (unpaired) electrons. The van der Waals surface area contributed by atoms with E-state index in [1.807, 2.05) is 30.3 Å². The number of benzene rings is 2. The molecule has 1 heterocycles. The maximum absolute atomic E-state index is 14.0. The largest absolute Gasteiger partial charge is 0.477 e. The lowest BCUT2D eigenvalue weighted by Crippen LogP contribution is -2.19. The van der Waals surface area contributed by atoms with Crippen molar-refractivity contribution in [1.82, 2.24) is 0 Å². The molecule has 0 bridgehead atoms. The number of aliphatic carboxylic acids is 1. The summed E-state index contributed by atoms with van der Waals surface area (Å²) in [4.78, 5) is 11.2. The SMILES string of the molecule is O=C(O)C1=NN(c2ccccc2F)[C@@H](c2ccccc2)C1. The number of para-hydroxylation sites is 1. The molecule has 2 aromatic carbocycles. The van der Waals surface area contributed by atoms with Crippen LogP contribution in [0.2, 0.25) is 0 Å². The van der Waals surface area contributed by atoms with Gasteiger partial charge in [0.05, 0.1) is 11.7 Å². The molecule has 1 aliphatic rings. The van der Waals surface area contributed by atoms with Gasteiger partial charge in [0.2, 0.25) is 0 Å². The van der Waals surface area contributed by atoms with Gasteiger partial charge in [-0.3, -0.25) is 5.01 Å². The second kappa shape index (κ2) is 5.36. The Labute approximate surface area is 121 Å². The first-order valence-electron chi connectivity index (χ1n) is 6.56. The summed E-state index contributed by atoms with van der Waals surface area (Å²) in [6.45, 7) is 0. The van der Waals surface area contributed by atoms with Crippen LogP contribution >= 0.6 is 0 Å². The summed E-state index contributed by atoms with van der Waals surface area (Å²) in [7, 11) is 0. The molecule has 106 valence electrons. The van der Waals surface area contributed by atoms with Crippen molar-refractivity contribution in [3.8, 4) is 0 Å². The van der Waals surface area contributed by atoms with Crippen molar-refractivity contribution in [2.75, 3.05) is 5.01 Å². The normalized spacial score (nSPS) is 17.7. The van der Waals surface area contributed by atoms with Gasteiger partial charge in [0.25, 0.3) is 0 Å². The molecular weight excluding hydrogens is 271 g/mol. The third-order valence-corrected chi connectivity index (χ3v) is 3.44. The van der Waals surface area contributed by atoms with Gasteiger partial charge in [-0.05, 0) is 17.7 Å². The van der Waals surface area contributed by atoms with E-state index in [0.29, 0.717) is 0 Å². The zero-order valence-electron chi connectivity index (χ0n) is 11.1. The molecule has 0 saturated heterocycles. The van der Waals surface area contributed by atoms with Crippen LogP contribution in [0.3, 0.4) is 0 Å². The molecule has 5 heteroatoms. The van der Waals surface area contributed by atoms with E-state index in [0.717, 1.165) is 5.56 Å². The fourth-order valence-electron chi connectivity index (χ4n) is 2.43. The third-order valence-electron chi connectivity index (χ3n) is 3.44. The Kier molecular flexibility index (Phi) is 3.39. The van der Waals surface area contributed by atoms with Crippen LogP contribution in [0.15, 0.2) is 59.7 Å². The Morgan fingerprint density at radius 1 is 1.14 bits per heavy atom. The van der Waals surface area contributed by atoms with Crippen LogP contribution in [0, 0.1) is 5.82 Å². The Balaban J connectivity index is 2.05. The summed E-state index contributed by atoms with van der Waals surface area (Å²) in [5.41, 5.74) is 1.22. The van der Waals surface area contributed by atoms with Crippen LogP contribution in [0.1, 0.15) is 18.0 Å². The summed E-state index contributed by atoms with van der Waals surface area (Å²) >= 11 is 0. The number of carboxylic acids is 1. The number of halogens is 1. The van der Waals surface area contributed by atoms with E-state index in [9.17, 15) is 9.18 Å². The predicted octanol–water partition coefficient (Wildman–Crippen LogP) is 3.22. The van der Waals surface area contributed by atoms with E-state index in [2.05, 4.69) is 5.10 Å². The quantitative estimate of drug-likeness (QED) is 0.941. The molecular formula is C16H13FN2O2. The van der Waals surface area contributed by atoms with E-state index in [4.69, 9.17) is 5.11 Å². The van der Waals surface area contributed by atoms with Crippen molar-refractivity contribution < 1.29 is 14.3 Å². The molecule has 1 N–H and O–H groups in total. The smallest absolute Gasteiger partial charge is 0.352 e. The van der Waals surface area contributed by atoms with Crippen LogP contribution in [-0.4, -0.2) is 16.8 Å². The molecule has 0 spiro atoms. The number of hydrazone groups is 1. The Morgan fingerprint density at radius 2 is 1.81 bits per heavy atom. The number of nitrogens with zero attached hydrogens (tertiary/aromatic N) is 2. The van der Waals surface area contributed by atoms with Gasteiger partial charge in [-0.2, -0.15) is 5.10 Å². The number of rotatable bonds is 3. The lowest BCUT2D eigenvalue weighted by Gasteiger charge is -2.24. The van der Waals surface area contributed by atoms with Gasteiger partial charge >= 0.3 is 5.97 Å². The van der Waals surface area contributed by atoms with Crippen molar-refractivity contribution >= 4 is 17.4 Å². The molecule has 1 aliphatic heterocycles. The molecule has 1 atom stereocenters. The minimum absolute atomic E-state index is 0.0344. The van der Waals surface area contributed by atoms with Crippen LogP contribution in [0.5, 0.6) is 0 Å². The number of anilines is 1. The van der Waals surface area contributed by atoms with Gasteiger partial charge < -0.3 is 5.11 Å². The summed E-state index contributed by atoms with van der Waals surface area (Å²) in [5.74, 6) is -1.50. The molecule has 21 heavy (non-hydrogen) atoms. The summed E-state index contributed by atoms with van der Waals surface area (Å²) < 4.78 is 14.0. The maximum Gasteiger partial charge on any atom is 0.352 e. The highest BCUT2D eigenvalue weighted by Gasteiger charge is 2.33. The lowest BCUT2D eigenvalue weighted by molar-refractivity contribution is -0.129. The monoisotopic (exact) mass is 284 g/mol. The van der Waals surface area contributed by atoms with Gasteiger partial charge in [0.1, 0.15) is 11.5 Å².